The molecular formula is C16H17NO3. The number of aromatic carboxylic acids is 1. The minimum absolute atomic E-state index is 0.201. The first kappa shape index (κ1) is 14.1. The largest absolute Gasteiger partial charge is 0.477 e. The van der Waals surface area contributed by atoms with Gasteiger partial charge >= 0.3 is 5.97 Å². The van der Waals surface area contributed by atoms with Crippen LogP contribution in [0.1, 0.15) is 41.3 Å². The quantitative estimate of drug-likeness (QED) is 0.930. The van der Waals surface area contributed by atoms with Crippen molar-refractivity contribution in [1.82, 2.24) is 4.57 Å². The second-order valence-electron chi connectivity index (χ2n) is 5.06. The van der Waals surface area contributed by atoms with Crippen LogP contribution >= 0.6 is 0 Å². The molecule has 104 valence electrons. The molecule has 1 aromatic heterocycles. The predicted molar refractivity (Wildman–Crippen MR) is 77.3 cm³/mol. The molecule has 0 unspecified atom stereocenters. The molecule has 1 aromatic carbocycles. The van der Waals surface area contributed by atoms with Gasteiger partial charge in [0.2, 0.25) is 0 Å². The zero-order valence-electron chi connectivity index (χ0n) is 11.5. The Morgan fingerprint density at radius 3 is 2.65 bits per heavy atom. The van der Waals surface area contributed by atoms with Crippen LogP contribution in [0, 0.1) is 0 Å². The zero-order valence-corrected chi connectivity index (χ0v) is 11.5. The van der Waals surface area contributed by atoms with E-state index >= 15 is 0 Å². The van der Waals surface area contributed by atoms with Gasteiger partial charge in [0.05, 0.1) is 6.54 Å². The molecule has 0 aliphatic heterocycles. The van der Waals surface area contributed by atoms with E-state index in [-0.39, 0.29) is 5.56 Å². The molecule has 20 heavy (non-hydrogen) atoms. The van der Waals surface area contributed by atoms with Crippen molar-refractivity contribution in [3.63, 3.8) is 0 Å². The maximum Gasteiger partial charge on any atom is 0.341 e. The maximum absolute atomic E-state index is 12.0. The minimum atomic E-state index is -1.19. The Labute approximate surface area is 117 Å². The third kappa shape index (κ3) is 2.96. The summed E-state index contributed by atoms with van der Waals surface area (Å²) in [7, 11) is 0. The molecule has 0 saturated carbocycles. The van der Waals surface area contributed by atoms with Gasteiger partial charge in [-0.1, -0.05) is 38.1 Å². The van der Waals surface area contributed by atoms with Crippen LogP contribution < -0.4 is 5.56 Å². The average Bonchev–Trinajstić information content (AvgIpc) is 2.41. The number of nitrogens with zero attached hydrogens (tertiary/aromatic N) is 1. The van der Waals surface area contributed by atoms with Gasteiger partial charge in [0.1, 0.15) is 5.56 Å². The van der Waals surface area contributed by atoms with E-state index in [1.54, 1.807) is 12.3 Å². The summed E-state index contributed by atoms with van der Waals surface area (Å²) in [4.78, 5) is 23.0. The van der Waals surface area contributed by atoms with Gasteiger partial charge < -0.3 is 9.67 Å². The maximum atomic E-state index is 12.0. The Kier molecular flexibility index (Phi) is 4.03. The Hall–Kier alpha value is -2.36. The Balaban J connectivity index is 2.36. The molecule has 0 aliphatic carbocycles. The number of pyridine rings is 1. The SMILES string of the molecule is CC(C)c1cccc(Cn2cccc(C(=O)O)c2=O)c1. The zero-order chi connectivity index (χ0) is 14.7. The van der Waals surface area contributed by atoms with Gasteiger partial charge in [0, 0.05) is 6.20 Å². The van der Waals surface area contributed by atoms with E-state index in [0.717, 1.165) is 5.56 Å². The first-order chi connectivity index (χ1) is 9.49. The van der Waals surface area contributed by atoms with Crippen LogP contribution in [0.2, 0.25) is 0 Å². The van der Waals surface area contributed by atoms with Gasteiger partial charge in [-0.3, -0.25) is 4.79 Å². The van der Waals surface area contributed by atoms with Gasteiger partial charge in [-0.2, -0.15) is 0 Å². The molecule has 2 rings (SSSR count). The van der Waals surface area contributed by atoms with Crippen molar-refractivity contribution in [2.75, 3.05) is 0 Å². The number of rotatable bonds is 4. The molecule has 0 saturated heterocycles. The highest BCUT2D eigenvalue weighted by Gasteiger charge is 2.10. The number of carboxylic acid groups (broad SMARTS) is 1. The molecule has 0 aliphatic rings. The van der Waals surface area contributed by atoms with E-state index in [4.69, 9.17) is 5.11 Å². The van der Waals surface area contributed by atoms with Crippen LogP contribution in [0.5, 0.6) is 0 Å². The summed E-state index contributed by atoms with van der Waals surface area (Å²) in [6.45, 7) is 4.59. The molecule has 0 fully saturated rings. The highest BCUT2D eigenvalue weighted by molar-refractivity contribution is 5.86. The fourth-order valence-corrected chi connectivity index (χ4v) is 2.07. The van der Waals surface area contributed by atoms with E-state index in [9.17, 15) is 9.59 Å². The number of benzene rings is 1. The molecule has 4 nitrogen and oxygen atoms in total. The monoisotopic (exact) mass is 271 g/mol. The second kappa shape index (κ2) is 5.74. The minimum Gasteiger partial charge on any atom is -0.477 e. The smallest absolute Gasteiger partial charge is 0.341 e. The normalized spacial score (nSPS) is 10.8. The van der Waals surface area contributed by atoms with Crippen molar-refractivity contribution in [3.05, 3.63) is 69.6 Å². The molecule has 0 radical (unpaired) electrons. The van der Waals surface area contributed by atoms with E-state index in [0.29, 0.717) is 12.5 Å². The predicted octanol–water partition coefficient (Wildman–Crippen LogP) is 2.72. The van der Waals surface area contributed by atoms with Crippen LogP contribution in [-0.2, 0) is 6.54 Å². The van der Waals surface area contributed by atoms with Gasteiger partial charge in [-0.15, -0.1) is 0 Å². The van der Waals surface area contributed by atoms with Crippen LogP contribution in [0.4, 0.5) is 0 Å². The Morgan fingerprint density at radius 1 is 1.25 bits per heavy atom. The number of hydrogen-bond donors (Lipinski definition) is 1. The lowest BCUT2D eigenvalue weighted by atomic mass is 10.0. The molecule has 4 heteroatoms. The lowest BCUT2D eigenvalue weighted by Gasteiger charge is -2.10. The van der Waals surface area contributed by atoms with E-state index < -0.39 is 11.5 Å². The average molecular weight is 271 g/mol. The third-order valence-electron chi connectivity index (χ3n) is 3.22. The van der Waals surface area contributed by atoms with Crippen molar-refractivity contribution in [3.8, 4) is 0 Å². The van der Waals surface area contributed by atoms with Gasteiger partial charge in [0.25, 0.3) is 5.56 Å². The summed E-state index contributed by atoms with van der Waals surface area (Å²) in [5, 5.41) is 8.96. The second-order valence-corrected chi connectivity index (χ2v) is 5.06. The summed E-state index contributed by atoms with van der Waals surface area (Å²) in [5.41, 5.74) is 1.51. The topological polar surface area (TPSA) is 59.3 Å². The number of aromatic nitrogens is 1. The first-order valence-electron chi connectivity index (χ1n) is 6.50. The first-order valence-corrected chi connectivity index (χ1v) is 6.50. The summed E-state index contributed by atoms with van der Waals surface area (Å²) in [6, 6.07) is 10.9. The van der Waals surface area contributed by atoms with Crippen LogP contribution in [-0.4, -0.2) is 15.6 Å². The highest BCUT2D eigenvalue weighted by Crippen LogP contribution is 2.15. The Morgan fingerprint density at radius 2 is 2.00 bits per heavy atom. The van der Waals surface area contributed by atoms with Crippen LogP contribution in [0.3, 0.4) is 0 Å². The van der Waals surface area contributed by atoms with Gasteiger partial charge in [0.15, 0.2) is 0 Å². The van der Waals surface area contributed by atoms with E-state index in [1.807, 2.05) is 24.3 Å². The highest BCUT2D eigenvalue weighted by atomic mass is 16.4. The summed E-state index contributed by atoms with van der Waals surface area (Å²) in [5.74, 6) is -0.780. The van der Waals surface area contributed by atoms with E-state index in [1.165, 1.54) is 16.2 Å². The van der Waals surface area contributed by atoms with Crippen molar-refractivity contribution >= 4 is 5.97 Å². The van der Waals surface area contributed by atoms with Crippen LogP contribution in [0.25, 0.3) is 0 Å². The molecule has 1 N–H and O–H groups in total. The third-order valence-corrected chi connectivity index (χ3v) is 3.22. The number of carboxylic acids is 1. The lowest BCUT2D eigenvalue weighted by molar-refractivity contribution is 0.0694. The van der Waals surface area contributed by atoms with Crippen molar-refractivity contribution in [1.29, 1.82) is 0 Å². The Bertz CT molecular complexity index is 686. The fourth-order valence-electron chi connectivity index (χ4n) is 2.07. The molecule has 0 spiro atoms. The van der Waals surface area contributed by atoms with Crippen molar-refractivity contribution < 1.29 is 9.90 Å². The summed E-state index contributed by atoms with van der Waals surface area (Å²) in [6.07, 6.45) is 1.61. The van der Waals surface area contributed by atoms with E-state index in [2.05, 4.69) is 13.8 Å². The summed E-state index contributed by atoms with van der Waals surface area (Å²) >= 11 is 0. The lowest BCUT2D eigenvalue weighted by Crippen LogP contribution is -2.26. The standard InChI is InChI=1S/C16H17NO3/c1-11(2)13-6-3-5-12(9-13)10-17-8-4-7-14(15(17)18)16(19)20/h3-9,11H,10H2,1-2H3,(H,19,20). The van der Waals surface area contributed by atoms with Crippen molar-refractivity contribution in [2.24, 2.45) is 0 Å². The fraction of sp³-hybridized carbons (Fsp3) is 0.250. The molecular weight excluding hydrogens is 254 g/mol. The molecule has 1 heterocycles. The number of carbonyl (C=O) groups is 1. The molecule has 0 amide bonds. The molecule has 0 bridgehead atoms. The van der Waals surface area contributed by atoms with Gasteiger partial charge in [-0.25, -0.2) is 4.79 Å². The molecule has 2 aromatic rings. The van der Waals surface area contributed by atoms with Crippen LogP contribution in [0.15, 0.2) is 47.4 Å². The molecule has 0 atom stereocenters. The number of hydrogen-bond acceptors (Lipinski definition) is 2. The van der Waals surface area contributed by atoms with Gasteiger partial charge in [-0.05, 0) is 29.2 Å². The summed E-state index contributed by atoms with van der Waals surface area (Å²) < 4.78 is 1.42. The van der Waals surface area contributed by atoms with Crippen molar-refractivity contribution in [2.45, 2.75) is 26.3 Å².